The van der Waals surface area contributed by atoms with Crippen LogP contribution in [0.2, 0.25) is 0 Å². The van der Waals surface area contributed by atoms with E-state index in [2.05, 4.69) is 22.6 Å². The van der Waals surface area contributed by atoms with Crippen molar-refractivity contribution in [2.24, 2.45) is 0 Å². The molecule has 0 unspecified atom stereocenters. The summed E-state index contributed by atoms with van der Waals surface area (Å²) in [5, 5.41) is 0. The first-order valence-corrected chi connectivity index (χ1v) is 7.78. The topological polar surface area (TPSA) is 61.8 Å². The van der Waals surface area contributed by atoms with Crippen molar-refractivity contribution in [1.82, 2.24) is 0 Å². The van der Waals surface area contributed by atoms with Crippen molar-refractivity contribution in [2.75, 3.05) is 19.7 Å². The van der Waals surface area contributed by atoms with E-state index in [1.165, 1.54) is 0 Å². The molecule has 5 nitrogen and oxygen atoms in total. The molecule has 0 amide bonds. The Morgan fingerprint density at radius 1 is 1.35 bits per heavy atom. The molecule has 1 aliphatic rings. The number of rotatable bonds is 4. The molecule has 7 heteroatoms. The molecule has 0 aliphatic carbocycles. The van der Waals surface area contributed by atoms with Crippen LogP contribution in [0.5, 0.6) is 11.5 Å². The molecule has 0 atom stereocenters. The highest BCUT2D eigenvalue weighted by Gasteiger charge is 2.16. The molecule has 1 aliphatic heterocycles. The lowest BCUT2D eigenvalue weighted by Gasteiger charge is -2.06. The first-order chi connectivity index (χ1) is 7.96. The average Bonchev–Trinajstić information content (AvgIpc) is 2.63. The number of fused-ring (bicyclic) bond motifs is 1. The Morgan fingerprint density at radius 2 is 2.00 bits per heavy atom. The number of halogens is 1. The first kappa shape index (κ1) is 12.9. The van der Waals surface area contributed by atoms with Crippen LogP contribution in [0.25, 0.3) is 0 Å². The zero-order valence-corrected chi connectivity index (χ0v) is 12.1. The lowest BCUT2D eigenvalue weighted by atomic mass is 10.1. The van der Waals surface area contributed by atoms with Crippen LogP contribution in [0.15, 0.2) is 12.1 Å². The van der Waals surface area contributed by atoms with Crippen LogP contribution in [0, 0.1) is 3.57 Å². The van der Waals surface area contributed by atoms with Gasteiger partial charge in [-0.3, -0.25) is 4.18 Å². The van der Waals surface area contributed by atoms with Crippen molar-refractivity contribution in [3.63, 3.8) is 0 Å². The maximum atomic E-state index is 10.8. The van der Waals surface area contributed by atoms with Gasteiger partial charge in [-0.2, -0.15) is 8.42 Å². The summed E-state index contributed by atoms with van der Waals surface area (Å²) in [6.45, 7) is 0.364. The third-order valence-corrected chi connectivity index (χ3v) is 3.81. The summed E-state index contributed by atoms with van der Waals surface area (Å²) >= 11 is 2.17. The van der Waals surface area contributed by atoms with E-state index in [0.717, 1.165) is 21.1 Å². The van der Waals surface area contributed by atoms with Crippen LogP contribution in [0.4, 0.5) is 0 Å². The van der Waals surface area contributed by atoms with Crippen molar-refractivity contribution in [2.45, 2.75) is 6.42 Å². The van der Waals surface area contributed by atoms with Gasteiger partial charge >= 0.3 is 0 Å². The van der Waals surface area contributed by atoms with Gasteiger partial charge in [0.25, 0.3) is 10.1 Å². The molecule has 0 saturated heterocycles. The summed E-state index contributed by atoms with van der Waals surface area (Å²) in [5.41, 5.74) is 0.985. The van der Waals surface area contributed by atoms with Gasteiger partial charge in [-0.05, 0) is 46.7 Å². The van der Waals surface area contributed by atoms with Gasteiger partial charge in [0.1, 0.15) is 0 Å². The maximum Gasteiger partial charge on any atom is 0.264 e. The molecular weight excluding hydrogens is 359 g/mol. The minimum atomic E-state index is -3.38. The molecule has 0 fully saturated rings. The molecule has 0 aromatic heterocycles. The highest BCUT2D eigenvalue weighted by Crippen LogP contribution is 2.35. The molecule has 1 aromatic carbocycles. The van der Waals surface area contributed by atoms with E-state index < -0.39 is 10.1 Å². The second kappa shape index (κ2) is 4.99. The van der Waals surface area contributed by atoms with Crippen LogP contribution in [-0.4, -0.2) is 28.1 Å². The summed E-state index contributed by atoms with van der Waals surface area (Å²) in [6, 6.07) is 3.73. The molecule has 17 heavy (non-hydrogen) atoms. The Labute approximate surface area is 113 Å². The highest BCUT2D eigenvalue weighted by molar-refractivity contribution is 14.1. The monoisotopic (exact) mass is 370 g/mol. The summed E-state index contributed by atoms with van der Waals surface area (Å²) in [7, 11) is -3.38. The third-order valence-electron chi connectivity index (χ3n) is 2.21. The molecule has 0 saturated carbocycles. The molecule has 1 heterocycles. The molecule has 0 radical (unpaired) electrons. The third kappa shape index (κ3) is 3.46. The SMILES string of the molecule is CS(=O)(=O)OCCc1cc2c(cc1I)OCO2. The largest absolute Gasteiger partial charge is 0.454 e. The molecular formula is C10H11IO5S. The minimum absolute atomic E-state index is 0.133. The summed E-state index contributed by atoms with van der Waals surface area (Å²) < 4.78 is 37.9. The fraction of sp³-hybridized carbons (Fsp3) is 0.400. The molecule has 0 bridgehead atoms. The van der Waals surface area contributed by atoms with E-state index in [1.807, 2.05) is 12.1 Å². The van der Waals surface area contributed by atoms with Gasteiger partial charge in [-0.1, -0.05) is 0 Å². The Kier molecular flexibility index (Phi) is 3.79. The van der Waals surface area contributed by atoms with Gasteiger partial charge in [-0.15, -0.1) is 0 Å². The predicted octanol–water partition coefficient (Wildman–Crippen LogP) is 1.54. The average molecular weight is 370 g/mol. The Balaban J connectivity index is 2.06. The second-order valence-electron chi connectivity index (χ2n) is 3.57. The van der Waals surface area contributed by atoms with E-state index in [0.29, 0.717) is 12.2 Å². The lowest BCUT2D eigenvalue weighted by molar-refractivity contribution is 0.174. The van der Waals surface area contributed by atoms with Crippen LogP contribution < -0.4 is 9.47 Å². The normalized spacial score (nSPS) is 14.0. The van der Waals surface area contributed by atoms with Crippen molar-refractivity contribution >= 4 is 32.7 Å². The van der Waals surface area contributed by atoms with E-state index in [9.17, 15) is 8.42 Å². The van der Waals surface area contributed by atoms with Gasteiger partial charge in [0.15, 0.2) is 11.5 Å². The van der Waals surface area contributed by atoms with E-state index >= 15 is 0 Å². The quantitative estimate of drug-likeness (QED) is 0.595. The van der Waals surface area contributed by atoms with Gasteiger partial charge in [-0.25, -0.2) is 0 Å². The fourth-order valence-corrected chi connectivity index (χ4v) is 2.55. The standard InChI is InChI=1S/C10H11IO5S/c1-17(12,13)16-3-2-7-4-9-10(5-8(7)11)15-6-14-9/h4-5H,2-3,6H2,1H3. The smallest absolute Gasteiger partial charge is 0.264 e. The van der Waals surface area contributed by atoms with Gasteiger partial charge < -0.3 is 9.47 Å². The Hall–Kier alpha value is -0.540. The van der Waals surface area contributed by atoms with Crippen molar-refractivity contribution in [3.8, 4) is 11.5 Å². The Bertz CT molecular complexity index is 526. The summed E-state index contributed by atoms with van der Waals surface area (Å²) in [5.74, 6) is 1.42. The van der Waals surface area contributed by atoms with Crippen LogP contribution in [-0.2, 0) is 20.7 Å². The molecule has 0 N–H and O–H groups in total. The van der Waals surface area contributed by atoms with Crippen molar-refractivity contribution < 1.29 is 22.1 Å². The number of ether oxygens (including phenoxy) is 2. The lowest BCUT2D eigenvalue weighted by Crippen LogP contribution is -2.06. The summed E-state index contributed by atoms with van der Waals surface area (Å²) in [4.78, 5) is 0. The fourth-order valence-electron chi connectivity index (χ4n) is 1.45. The summed E-state index contributed by atoms with van der Waals surface area (Å²) in [6.07, 6.45) is 1.56. The van der Waals surface area contributed by atoms with Gasteiger partial charge in [0.05, 0.1) is 12.9 Å². The minimum Gasteiger partial charge on any atom is -0.454 e. The number of benzene rings is 1. The Morgan fingerprint density at radius 3 is 2.65 bits per heavy atom. The maximum absolute atomic E-state index is 10.8. The van der Waals surface area contributed by atoms with E-state index in [-0.39, 0.29) is 13.4 Å². The van der Waals surface area contributed by atoms with Crippen LogP contribution in [0.1, 0.15) is 5.56 Å². The zero-order valence-electron chi connectivity index (χ0n) is 9.10. The van der Waals surface area contributed by atoms with Gasteiger partial charge in [0, 0.05) is 3.57 Å². The van der Waals surface area contributed by atoms with E-state index in [1.54, 1.807) is 0 Å². The van der Waals surface area contributed by atoms with Crippen molar-refractivity contribution in [1.29, 1.82) is 0 Å². The van der Waals surface area contributed by atoms with Crippen molar-refractivity contribution in [3.05, 3.63) is 21.3 Å². The second-order valence-corrected chi connectivity index (χ2v) is 6.38. The first-order valence-electron chi connectivity index (χ1n) is 4.88. The van der Waals surface area contributed by atoms with Crippen LogP contribution >= 0.6 is 22.6 Å². The van der Waals surface area contributed by atoms with Gasteiger partial charge in [0.2, 0.25) is 6.79 Å². The molecule has 0 spiro atoms. The molecule has 1 aromatic rings. The predicted molar refractivity (Wildman–Crippen MR) is 69.8 cm³/mol. The molecule has 94 valence electrons. The zero-order chi connectivity index (χ0) is 12.5. The molecule has 2 rings (SSSR count). The number of hydrogen-bond acceptors (Lipinski definition) is 5. The highest BCUT2D eigenvalue weighted by atomic mass is 127. The van der Waals surface area contributed by atoms with E-state index in [4.69, 9.17) is 13.7 Å². The number of hydrogen-bond donors (Lipinski definition) is 0. The van der Waals surface area contributed by atoms with Crippen LogP contribution in [0.3, 0.4) is 0 Å².